The van der Waals surface area contributed by atoms with Crippen LogP contribution in [0.1, 0.15) is 25.3 Å². The first-order valence-electron chi connectivity index (χ1n) is 6.93. The monoisotopic (exact) mass is 264 g/mol. The number of anilines is 1. The first kappa shape index (κ1) is 14.2. The van der Waals surface area contributed by atoms with E-state index in [1.807, 2.05) is 6.07 Å². The molecule has 0 amide bonds. The maximum absolute atomic E-state index is 5.46. The van der Waals surface area contributed by atoms with Crippen molar-refractivity contribution in [2.75, 3.05) is 38.7 Å². The van der Waals surface area contributed by atoms with Gasteiger partial charge in [-0.15, -0.1) is 0 Å². The van der Waals surface area contributed by atoms with E-state index in [1.54, 1.807) is 7.11 Å². The third kappa shape index (κ3) is 3.85. The molecular weight excluding hydrogens is 240 g/mol. The number of nitrogens with one attached hydrogen (secondary N) is 2. The van der Waals surface area contributed by atoms with Gasteiger partial charge in [0.15, 0.2) is 0 Å². The van der Waals surface area contributed by atoms with Crippen molar-refractivity contribution in [1.29, 1.82) is 0 Å². The first-order chi connectivity index (χ1) is 9.20. The standard InChI is InChI=1S/C15H24N2O2/c1-11(2)12-4-5-15(18-3)14(8-12)17-9-13-10-19-7-6-16-13/h4-5,8,11,13,16-17H,6-7,9-10H2,1-3H3. The predicted octanol–water partition coefficient (Wildman–Crippen LogP) is 2.22. The Balaban J connectivity index is 2.02. The van der Waals surface area contributed by atoms with Crippen LogP contribution in [0.25, 0.3) is 0 Å². The second-order valence-corrected chi connectivity index (χ2v) is 5.22. The molecule has 0 aliphatic carbocycles. The zero-order valence-corrected chi connectivity index (χ0v) is 12.0. The first-order valence-corrected chi connectivity index (χ1v) is 6.93. The lowest BCUT2D eigenvalue weighted by molar-refractivity contribution is 0.0806. The summed E-state index contributed by atoms with van der Waals surface area (Å²) in [5, 5.41) is 6.90. The van der Waals surface area contributed by atoms with E-state index in [9.17, 15) is 0 Å². The van der Waals surface area contributed by atoms with Crippen LogP contribution in [0.2, 0.25) is 0 Å². The van der Waals surface area contributed by atoms with Crippen molar-refractivity contribution in [2.24, 2.45) is 0 Å². The minimum atomic E-state index is 0.362. The van der Waals surface area contributed by atoms with Crippen molar-refractivity contribution >= 4 is 5.69 Å². The predicted molar refractivity (Wildman–Crippen MR) is 78.2 cm³/mol. The number of hydrogen-bond acceptors (Lipinski definition) is 4. The SMILES string of the molecule is COc1ccc(C(C)C)cc1NCC1COCCN1. The number of rotatable bonds is 5. The molecule has 1 aromatic rings. The fourth-order valence-electron chi connectivity index (χ4n) is 2.21. The molecule has 1 aromatic carbocycles. The molecule has 0 saturated carbocycles. The summed E-state index contributed by atoms with van der Waals surface area (Å²) in [6.45, 7) is 7.74. The molecule has 4 heteroatoms. The molecule has 0 spiro atoms. The Morgan fingerprint density at radius 2 is 2.32 bits per heavy atom. The van der Waals surface area contributed by atoms with E-state index in [-0.39, 0.29) is 0 Å². The van der Waals surface area contributed by atoms with Crippen LogP contribution in [0.4, 0.5) is 5.69 Å². The van der Waals surface area contributed by atoms with E-state index in [4.69, 9.17) is 9.47 Å². The molecule has 0 radical (unpaired) electrons. The lowest BCUT2D eigenvalue weighted by Crippen LogP contribution is -2.45. The number of ether oxygens (including phenoxy) is 2. The van der Waals surface area contributed by atoms with Gasteiger partial charge in [-0.25, -0.2) is 0 Å². The Kier molecular flexibility index (Phi) is 5.05. The van der Waals surface area contributed by atoms with Crippen LogP contribution in [0.5, 0.6) is 5.75 Å². The summed E-state index contributed by atoms with van der Waals surface area (Å²) in [5.41, 5.74) is 2.37. The highest BCUT2D eigenvalue weighted by Crippen LogP contribution is 2.28. The Morgan fingerprint density at radius 3 is 2.95 bits per heavy atom. The van der Waals surface area contributed by atoms with E-state index in [0.717, 1.165) is 37.7 Å². The van der Waals surface area contributed by atoms with Gasteiger partial charge in [0.1, 0.15) is 5.75 Å². The number of hydrogen-bond donors (Lipinski definition) is 2. The van der Waals surface area contributed by atoms with Crippen LogP contribution in [-0.4, -0.2) is 39.5 Å². The van der Waals surface area contributed by atoms with Crippen molar-refractivity contribution in [2.45, 2.75) is 25.8 Å². The average molecular weight is 264 g/mol. The maximum Gasteiger partial charge on any atom is 0.141 e. The number of benzene rings is 1. The van der Waals surface area contributed by atoms with Gasteiger partial charge in [-0.05, 0) is 23.6 Å². The van der Waals surface area contributed by atoms with Crippen molar-refractivity contribution < 1.29 is 9.47 Å². The molecule has 106 valence electrons. The zero-order chi connectivity index (χ0) is 13.7. The van der Waals surface area contributed by atoms with Crippen LogP contribution >= 0.6 is 0 Å². The molecule has 1 aliphatic heterocycles. The quantitative estimate of drug-likeness (QED) is 0.856. The summed E-state index contributed by atoms with van der Waals surface area (Å²) < 4.78 is 10.9. The highest BCUT2D eigenvalue weighted by Gasteiger charge is 2.14. The van der Waals surface area contributed by atoms with Gasteiger partial charge in [0.25, 0.3) is 0 Å². The highest BCUT2D eigenvalue weighted by atomic mass is 16.5. The lowest BCUT2D eigenvalue weighted by atomic mass is 10.0. The number of methoxy groups -OCH3 is 1. The molecule has 19 heavy (non-hydrogen) atoms. The van der Waals surface area contributed by atoms with Crippen molar-refractivity contribution in [3.8, 4) is 5.75 Å². The molecule has 1 saturated heterocycles. The van der Waals surface area contributed by atoms with Crippen LogP contribution in [0.15, 0.2) is 18.2 Å². The smallest absolute Gasteiger partial charge is 0.141 e. The highest BCUT2D eigenvalue weighted by molar-refractivity contribution is 5.58. The van der Waals surface area contributed by atoms with Gasteiger partial charge in [0, 0.05) is 19.1 Å². The van der Waals surface area contributed by atoms with Crippen molar-refractivity contribution in [3.05, 3.63) is 23.8 Å². The molecule has 1 heterocycles. The van der Waals surface area contributed by atoms with Crippen LogP contribution in [-0.2, 0) is 4.74 Å². The van der Waals surface area contributed by atoms with Gasteiger partial charge >= 0.3 is 0 Å². The molecule has 2 rings (SSSR count). The molecule has 4 nitrogen and oxygen atoms in total. The Labute approximate surface area is 115 Å². The van der Waals surface area contributed by atoms with E-state index in [0.29, 0.717) is 12.0 Å². The van der Waals surface area contributed by atoms with Gasteiger partial charge < -0.3 is 20.1 Å². The van der Waals surface area contributed by atoms with Gasteiger partial charge in [-0.1, -0.05) is 19.9 Å². The minimum Gasteiger partial charge on any atom is -0.495 e. The molecule has 1 unspecified atom stereocenters. The molecule has 1 atom stereocenters. The van der Waals surface area contributed by atoms with Crippen molar-refractivity contribution in [1.82, 2.24) is 5.32 Å². The Bertz CT molecular complexity index is 401. The fourth-order valence-corrected chi connectivity index (χ4v) is 2.21. The summed E-state index contributed by atoms with van der Waals surface area (Å²) in [5.74, 6) is 1.41. The molecule has 0 bridgehead atoms. The van der Waals surface area contributed by atoms with Crippen LogP contribution < -0.4 is 15.4 Å². The van der Waals surface area contributed by atoms with E-state index in [2.05, 4.69) is 36.6 Å². The third-order valence-electron chi connectivity index (χ3n) is 3.43. The topological polar surface area (TPSA) is 42.5 Å². The average Bonchev–Trinajstić information content (AvgIpc) is 2.45. The second kappa shape index (κ2) is 6.78. The van der Waals surface area contributed by atoms with Gasteiger partial charge in [-0.2, -0.15) is 0 Å². The minimum absolute atomic E-state index is 0.362. The molecule has 0 aromatic heterocycles. The van der Waals surface area contributed by atoms with Gasteiger partial charge in [0.05, 0.1) is 26.0 Å². The summed E-state index contributed by atoms with van der Waals surface area (Å²) in [6.07, 6.45) is 0. The van der Waals surface area contributed by atoms with E-state index < -0.39 is 0 Å². The molecule has 2 N–H and O–H groups in total. The number of morpholine rings is 1. The fraction of sp³-hybridized carbons (Fsp3) is 0.600. The van der Waals surface area contributed by atoms with Crippen LogP contribution in [0, 0.1) is 0 Å². The Morgan fingerprint density at radius 1 is 1.47 bits per heavy atom. The lowest BCUT2D eigenvalue weighted by Gasteiger charge is -2.25. The Hall–Kier alpha value is -1.26. The normalized spacial score (nSPS) is 19.5. The van der Waals surface area contributed by atoms with Gasteiger partial charge in [-0.3, -0.25) is 0 Å². The van der Waals surface area contributed by atoms with Crippen LogP contribution in [0.3, 0.4) is 0 Å². The summed E-state index contributed by atoms with van der Waals surface area (Å²) in [6, 6.07) is 6.69. The third-order valence-corrected chi connectivity index (χ3v) is 3.43. The van der Waals surface area contributed by atoms with Crippen molar-refractivity contribution in [3.63, 3.8) is 0 Å². The zero-order valence-electron chi connectivity index (χ0n) is 12.0. The molecule has 1 fully saturated rings. The van der Waals surface area contributed by atoms with E-state index >= 15 is 0 Å². The summed E-state index contributed by atoms with van der Waals surface area (Å²) in [7, 11) is 1.71. The van der Waals surface area contributed by atoms with E-state index in [1.165, 1.54) is 5.56 Å². The van der Waals surface area contributed by atoms with Gasteiger partial charge in [0.2, 0.25) is 0 Å². The summed E-state index contributed by atoms with van der Waals surface area (Å²) >= 11 is 0. The largest absolute Gasteiger partial charge is 0.495 e. The maximum atomic E-state index is 5.46. The second-order valence-electron chi connectivity index (χ2n) is 5.22. The molecular formula is C15H24N2O2. The summed E-state index contributed by atoms with van der Waals surface area (Å²) in [4.78, 5) is 0. The molecule has 1 aliphatic rings.